The Balaban J connectivity index is 3.63. The van der Waals surface area contributed by atoms with Gasteiger partial charge in [-0.3, -0.25) is 4.79 Å². The van der Waals surface area contributed by atoms with Crippen LogP contribution >= 0.6 is 0 Å². The molecule has 4 heteroatoms. The van der Waals surface area contributed by atoms with Crippen LogP contribution in [0.25, 0.3) is 0 Å². The first kappa shape index (κ1) is 69.3. The van der Waals surface area contributed by atoms with Gasteiger partial charge in [0.05, 0.1) is 18.8 Å². The van der Waals surface area contributed by atoms with Crippen molar-refractivity contribution in [2.75, 3.05) is 6.61 Å². The van der Waals surface area contributed by atoms with Crippen molar-refractivity contribution >= 4 is 5.91 Å². The van der Waals surface area contributed by atoms with Crippen LogP contribution in [0.4, 0.5) is 0 Å². The predicted octanol–water partition coefficient (Wildman–Crippen LogP) is 20.8. The normalized spacial score (nSPS) is 13.9. The van der Waals surface area contributed by atoms with Crippen molar-refractivity contribution in [1.82, 2.24) is 5.32 Å². The molecule has 3 N–H and O–H groups in total. The number of aliphatic hydroxyl groups excluding tert-OH is 2. The predicted molar refractivity (Wildman–Crippen MR) is 326 cm³/mol. The van der Waals surface area contributed by atoms with Gasteiger partial charge in [0.2, 0.25) is 5.91 Å². The van der Waals surface area contributed by atoms with Crippen molar-refractivity contribution in [2.45, 2.75) is 276 Å². The van der Waals surface area contributed by atoms with Gasteiger partial charge in [0.15, 0.2) is 0 Å². The molecule has 0 aliphatic rings. The SMILES string of the molecule is CC/C=C\C/C=C\C/C=C\C/C=C\C/C=C\C/C=C\C/C=C\C/C=C\C/C=C\CCCCCCCCCCCCCC(=O)NC(CO)C(O)/C=C/CC/C=C/CC/C=C/CCCCCCCCCCCCCC. The summed E-state index contributed by atoms with van der Waals surface area (Å²) in [6.07, 6.45) is 98.7. The van der Waals surface area contributed by atoms with Crippen LogP contribution in [0.3, 0.4) is 0 Å². The highest BCUT2D eigenvalue weighted by Gasteiger charge is 2.18. The highest BCUT2D eigenvalue weighted by Crippen LogP contribution is 2.15. The molecular formula is C69H115NO3. The number of nitrogens with one attached hydrogen (secondary N) is 1. The van der Waals surface area contributed by atoms with E-state index < -0.39 is 12.1 Å². The van der Waals surface area contributed by atoms with Crippen LogP contribution in [0.2, 0.25) is 0 Å². The smallest absolute Gasteiger partial charge is 0.220 e. The van der Waals surface area contributed by atoms with Crippen molar-refractivity contribution in [3.8, 4) is 0 Å². The van der Waals surface area contributed by atoms with E-state index >= 15 is 0 Å². The van der Waals surface area contributed by atoms with Gasteiger partial charge in [0, 0.05) is 6.42 Å². The first-order chi connectivity index (χ1) is 36.2. The third-order valence-corrected chi connectivity index (χ3v) is 13.0. The minimum atomic E-state index is -0.882. The molecule has 4 nitrogen and oxygen atoms in total. The second-order valence-electron chi connectivity index (χ2n) is 20.0. The summed E-state index contributed by atoms with van der Waals surface area (Å²) in [5, 5.41) is 23.2. The maximum Gasteiger partial charge on any atom is 0.220 e. The molecule has 1 amide bonds. The molecule has 0 fully saturated rings. The average molecular weight is 1010 g/mol. The lowest BCUT2D eigenvalue weighted by atomic mass is 10.0. The van der Waals surface area contributed by atoms with Gasteiger partial charge >= 0.3 is 0 Å². The number of amides is 1. The van der Waals surface area contributed by atoms with E-state index in [2.05, 4.69) is 153 Å². The van der Waals surface area contributed by atoms with Crippen molar-refractivity contribution in [3.05, 3.63) is 146 Å². The molecule has 0 aliphatic carbocycles. The molecule has 0 saturated carbocycles. The number of rotatable bonds is 54. The minimum absolute atomic E-state index is 0.0859. The van der Waals surface area contributed by atoms with Crippen LogP contribution < -0.4 is 5.32 Å². The summed E-state index contributed by atoms with van der Waals surface area (Å²) in [5.41, 5.74) is 0. The van der Waals surface area contributed by atoms with E-state index in [1.54, 1.807) is 6.08 Å². The lowest BCUT2D eigenvalue weighted by Crippen LogP contribution is -2.45. The molecule has 0 aromatic rings. The summed E-state index contributed by atoms with van der Waals surface area (Å²) < 4.78 is 0. The Morgan fingerprint density at radius 3 is 0.959 bits per heavy atom. The third-order valence-electron chi connectivity index (χ3n) is 13.0. The van der Waals surface area contributed by atoms with E-state index in [0.29, 0.717) is 6.42 Å². The molecule has 0 heterocycles. The standard InChI is InChI=1S/C69H115NO3/c1-3-5-7-9-11-13-15-17-19-21-23-25-27-28-29-30-31-32-33-34-35-36-37-38-39-40-41-42-43-45-47-49-51-53-55-57-59-61-63-65-69(73)70-67(66-71)68(72)64-62-60-58-56-54-52-50-48-46-44-26-24-22-20-18-16-14-12-10-8-6-4-2/h5,7,11,13,17,19,23,25,28-29,31-32,34-35,37-38,40-41,46,48,54,56,62,64,67-68,71-72H,3-4,6,8-10,12,14-16,18,20-22,24,26-27,30,33,36,39,42-45,47,49-53,55,57-61,63,65-66H2,1-2H3,(H,70,73)/b7-5-,13-11-,19-17-,25-23-,29-28-,32-31-,35-34-,38-37-,41-40-,48-46+,56-54+,64-62+. The average Bonchev–Trinajstić information content (AvgIpc) is 3.40. The first-order valence-electron chi connectivity index (χ1n) is 30.5. The van der Waals surface area contributed by atoms with Crippen molar-refractivity contribution < 1.29 is 15.0 Å². The second kappa shape index (κ2) is 62.6. The quantitative estimate of drug-likeness (QED) is 0.0420. The number of carbonyl (C=O) groups excluding carboxylic acids is 1. The van der Waals surface area contributed by atoms with Crippen LogP contribution in [0.15, 0.2) is 146 Å². The van der Waals surface area contributed by atoms with E-state index in [1.807, 2.05) is 6.08 Å². The van der Waals surface area contributed by atoms with Gasteiger partial charge in [0.1, 0.15) is 0 Å². The van der Waals surface area contributed by atoms with Gasteiger partial charge in [-0.25, -0.2) is 0 Å². The summed E-state index contributed by atoms with van der Waals surface area (Å²) in [5.74, 6) is -0.0859. The van der Waals surface area contributed by atoms with E-state index in [4.69, 9.17) is 0 Å². The van der Waals surface area contributed by atoms with Crippen LogP contribution in [-0.2, 0) is 4.79 Å². The number of carbonyl (C=O) groups is 1. The molecule has 0 aromatic heterocycles. The lowest BCUT2D eigenvalue weighted by Gasteiger charge is -2.19. The minimum Gasteiger partial charge on any atom is -0.394 e. The Morgan fingerprint density at radius 2 is 0.616 bits per heavy atom. The molecule has 0 radical (unpaired) electrons. The lowest BCUT2D eigenvalue weighted by molar-refractivity contribution is -0.123. The van der Waals surface area contributed by atoms with E-state index in [-0.39, 0.29) is 12.5 Å². The van der Waals surface area contributed by atoms with Gasteiger partial charge in [-0.15, -0.1) is 0 Å². The zero-order chi connectivity index (χ0) is 52.7. The Bertz CT molecular complexity index is 1510. The molecule has 73 heavy (non-hydrogen) atoms. The summed E-state index contributed by atoms with van der Waals surface area (Å²) >= 11 is 0. The fourth-order valence-corrected chi connectivity index (χ4v) is 8.44. The van der Waals surface area contributed by atoms with Gasteiger partial charge in [-0.2, -0.15) is 0 Å². The van der Waals surface area contributed by atoms with E-state index in [9.17, 15) is 15.0 Å². The number of allylic oxidation sites excluding steroid dienone is 23. The topological polar surface area (TPSA) is 69.6 Å². The van der Waals surface area contributed by atoms with Crippen molar-refractivity contribution in [3.63, 3.8) is 0 Å². The van der Waals surface area contributed by atoms with Crippen molar-refractivity contribution in [1.29, 1.82) is 0 Å². The molecular weight excluding hydrogens is 891 g/mol. The van der Waals surface area contributed by atoms with Gasteiger partial charge in [0.25, 0.3) is 0 Å². The second-order valence-corrected chi connectivity index (χ2v) is 20.0. The molecule has 2 atom stereocenters. The molecule has 414 valence electrons. The number of hydrogen-bond acceptors (Lipinski definition) is 3. The number of unbranched alkanes of at least 4 members (excludes halogenated alkanes) is 25. The van der Waals surface area contributed by atoms with Gasteiger partial charge < -0.3 is 15.5 Å². The van der Waals surface area contributed by atoms with E-state index in [1.165, 1.54) is 141 Å². The fourth-order valence-electron chi connectivity index (χ4n) is 8.44. The summed E-state index contributed by atoms with van der Waals surface area (Å²) in [6.45, 7) is 4.18. The summed E-state index contributed by atoms with van der Waals surface area (Å²) in [7, 11) is 0. The molecule has 0 bridgehead atoms. The molecule has 2 unspecified atom stereocenters. The Hall–Kier alpha value is -3.73. The summed E-state index contributed by atoms with van der Waals surface area (Å²) in [6, 6.07) is -0.658. The van der Waals surface area contributed by atoms with Crippen LogP contribution in [0, 0.1) is 0 Å². The molecule has 0 spiro atoms. The Kier molecular flexibility index (Phi) is 59.4. The highest BCUT2D eigenvalue weighted by molar-refractivity contribution is 5.76. The highest BCUT2D eigenvalue weighted by atomic mass is 16.3. The van der Waals surface area contributed by atoms with Gasteiger partial charge in [-0.05, 0) is 116 Å². The Morgan fingerprint density at radius 1 is 0.342 bits per heavy atom. The van der Waals surface area contributed by atoms with E-state index in [0.717, 1.165) is 103 Å². The molecule has 0 rings (SSSR count). The Labute approximate surface area is 453 Å². The molecule has 0 saturated heterocycles. The van der Waals surface area contributed by atoms with Crippen LogP contribution in [-0.4, -0.2) is 34.9 Å². The van der Waals surface area contributed by atoms with Crippen molar-refractivity contribution in [2.24, 2.45) is 0 Å². The van der Waals surface area contributed by atoms with Crippen LogP contribution in [0.5, 0.6) is 0 Å². The fraction of sp³-hybridized carbons (Fsp3) is 0.638. The maximum atomic E-state index is 12.5. The van der Waals surface area contributed by atoms with Gasteiger partial charge in [-0.1, -0.05) is 288 Å². The zero-order valence-corrected chi connectivity index (χ0v) is 47.6. The molecule has 0 aromatic carbocycles. The summed E-state index contributed by atoms with van der Waals surface area (Å²) in [4.78, 5) is 12.5. The maximum absolute atomic E-state index is 12.5. The number of hydrogen-bond donors (Lipinski definition) is 3. The molecule has 0 aliphatic heterocycles. The monoisotopic (exact) mass is 1010 g/mol. The van der Waals surface area contributed by atoms with Crippen LogP contribution in [0.1, 0.15) is 264 Å². The first-order valence-corrected chi connectivity index (χ1v) is 30.5. The largest absolute Gasteiger partial charge is 0.394 e. The number of aliphatic hydroxyl groups is 2. The third kappa shape index (κ3) is 59.0. The zero-order valence-electron chi connectivity index (χ0n) is 47.6.